The van der Waals surface area contributed by atoms with Gasteiger partial charge in [0.1, 0.15) is 0 Å². The van der Waals surface area contributed by atoms with E-state index in [9.17, 15) is 5.11 Å². The third-order valence-corrected chi connectivity index (χ3v) is 2.49. The summed E-state index contributed by atoms with van der Waals surface area (Å²) in [4.78, 5) is 0. The lowest BCUT2D eigenvalue weighted by atomic mass is 9.89. The molecule has 1 unspecified atom stereocenters. The average Bonchev–Trinajstić information content (AvgIpc) is 2.13. The molecule has 3 heteroatoms. The van der Waals surface area contributed by atoms with E-state index in [1.807, 2.05) is 0 Å². The monoisotopic (exact) mass is 231 g/mol. The number of unbranched alkanes of at least 4 members (excludes halogenated alkanes) is 3. The zero-order valence-electron chi connectivity index (χ0n) is 11.1. The largest absolute Gasteiger partial charge is 0.396 e. The Hall–Kier alpha value is -0.120. The standard InChI is InChI=1S/C13H29NO2/c1-13(2,3)10-12(16)11-14-8-6-4-5-7-9-15/h12,14-16H,4-11H2,1-3H3. The Bertz CT molecular complexity index is 155. The van der Waals surface area contributed by atoms with Crippen LogP contribution in [0.1, 0.15) is 52.9 Å². The number of aliphatic hydroxyl groups is 2. The van der Waals surface area contributed by atoms with Gasteiger partial charge in [-0.2, -0.15) is 0 Å². The van der Waals surface area contributed by atoms with E-state index >= 15 is 0 Å². The molecule has 0 spiro atoms. The molecule has 0 aliphatic carbocycles. The van der Waals surface area contributed by atoms with Crippen LogP contribution in [0.15, 0.2) is 0 Å². The lowest BCUT2D eigenvalue weighted by Gasteiger charge is -2.22. The van der Waals surface area contributed by atoms with Gasteiger partial charge in [-0.25, -0.2) is 0 Å². The maximum Gasteiger partial charge on any atom is 0.0669 e. The van der Waals surface area contributed by atoms with Crippen molar-refractivity contribution < 1.29 is 10.2 Å². The average molecular weight is 231 g/mol. The number of nitrogens with one attached hydrogen (secondary N) is 1. The molecule has 0 radical (unpaired) electrons. The van der Waals surface area contributed by atoms with E-state index in [0.717, 1.165) is 38.6 Å². The summed E-state index contributed by atoms with van der Waals surface area (Å²) in [5.74, 6) is 0. The molecule has 0 saturated carbocycles. The van der Waals surface area contributed by atoms with Crippen molar-refractivity contribution in [2.45, 2.75) is 59.0 Å². The van der Waals surface area contributed by atoms with Crippen LogP contribution in [0.5, 0.6) is 0 Å². The fourth-order valence-electron chi connectivity index (χ4n) is 1.76. The van der Waals surface area contributed by atoms with E-state index in [-0.39, 0.29) is 11.5 Å². The Morgan fingerprint density at radius 1 is 1.06 bits per heavy atom. The zero-order valence-corrected chi connectivity index (χ0v) is 11.1. The summed E-state index contributed by atoms with van der Waals surface area (Å²) in [5.41, 5.74) is 0.197. The highest BCUT2D eigenvalue weighted by Crippen LogP contribution is 2.20. The van der Waals surface area contributed by atoms with Gasteiger partial charge in [-0.1, -0.05) is 33.6 Å². The fourth-order valence-corrected chi connectivity index (χ4v) is 1.76. The van der Waals surface area contributed by atoms with Crippen LogP contribution in [0.3, 0.4) is 0 Å². The first-order chi connectivity index (χ1) is 7.45. The van der Waals surface area contributed by atoms with Gasteiger partial charge in [0.15, 0.2) is 0 Å². The van der Waals surface area contributed by atoms with E-state index < -0.39 is 0 Å². The van der Waals surface area contributed by atoms with Gasteiger partial charge in [0.25, 0.3) is 0 Å². The van der Waals surface area contributed by atoms with Crippen LogP contribution in [0, 0.1) is 5.41 Å². The summed E-state index contributed by atoms with van der Waals surface area (Å²) in [6.45, 7) is 8.39. The predicted octanol–water partition coefficient (Wildman–Crippen LogP) is 1.93. The van der Waals surface area contributed by atoms with Gasteiger partial charge in [0.05, 0.1) is 6.10 Å². The van der Waals surface area contributed by atoms with Crippen molar-refractivity contribution in [1.82, 2.24) is 5.32 Å². The third kappa shape index (κ3) is 12.0. The maximum absolute atomic E-state index is 9.73. The van der Waals surface area contributed by atoms with E-state index in [2.05, 4.69) is 26.1 Å². The first kappa shape index (κ1) is 15.9. The quantitative estimate of drug-likeness (QED) is 0.531. The molecular formula is C13H29NO2. The first-order valence-electron chi connectivity index (χ1n) is 6.45. The lowest BCUT2D eigenvalue weighted by Crippen LogP contribution is -2.30. The zero-order chi connectivity index (χ0) is 12.4. The van der Waals surface area contributed by atoms with E-state index in [1.165, 1.54) is 0 Å². The number of aliphatic hydroxyl groups excluding tert-OH is 2. The maximum atomic E-state index is 9.73. The van der Waals surface area contributed by atoms with Gasteiger partial charge >= 0.3 is 0 Å². The van der Waals surface area contributed by atoms with Crippen LogP contribution in [0.25, 0.3) is 0 Å². The van der Waals surface area contributed by atoms with Crippen molar-refractivity contribution >= 4 is 0 Å². The molecule has 16 heavy (non-hydrogen) atoms. The van der Waals surface area contributed by atoms with Crippen molar-refractivity contribution in [3.63, 3.8) is 0 Å². The van der Waals surface area contributed by atoms with Crippen molar-refractivity contribution in [1.29, 1.82) is 0 Å². The fraction of sp³-hybridized carbons (Fsp3) is 1.00. The molecule has 3 nitrogen and oxygen atoms in total. The molecule has 0 fully saturated rings. The summed E-state index contributed by atoms with van der Waals surface area (Å²) in [6, 6.07) is 0. The van der Waals surface area contributed by atoms with Crippen LogP contribution < -0.4 is 5.32 Å². The van der Waals surface area contributed by atoms with Gasteiger partial charge in [-0.05, 0) is 31.2 Å². The molecule has 1 atom stereocenters. The first-order valence-corrected chi connectivity index (χ1v) is 6.45. The molecule has 0 aromatic carbocycles. The van der Waals surface area contributed by atoms with Gasteiger partial charge in [-0.3, -0.25) is 0 Å². The highest BCUT2D eigenvalue weighted by molar-refractivity contribution is 4.69. The molecule has 0 saturated heterocycles. The molecule has 0 aromatic rings. The molecule has 0 aliphatic heterocycles. The second-order valence-corrected chi connectivity index (χ2v) is 5.76. The van der Waals surface area contributed by atoms with Gasteiger partial charge in [-0.15, -0.1) is 0 Å². The van der Waals surface area contributed by atoms with Crippen molar-refractivity contribution in [3.05, 3.63) is 0 Å². The SMILES string of the molecule is CC(C)(C)CC(O)CNCCCCCCO. The highest BCUT2D eigenvalue weighted by atomic mass is 16.3. The summed E-state index contributed by atoms with van der Waals surface area (Å²) < 4.78 is 0. The minimum atomic E-state index is -0.238. The smallest absolute Gasteiger partial charge is 0.0669 e. The summed E-state index contributed by atoms with van der Waals surface area (Å²) in [6.07, 6.45) is 4.89. The molecule has 3 N–H and O–H groups in total. The number of hydrogen-bond donors (Lipinski definition) is 3. The molecular weight excluding hydrogens is 202 g/mol. The Morgan fingerprint density at radius 2 is 1.69 bits per heavy atom. The topological polar surface area (TPSA) is 52.5 Å². The summed E-state index contributed by atoms with van der Waals surface area (Å²) in [5, 5.41) is 21.6. The molecule has 0 aliphatic rings. The van der Waals surface area contributed by atoms with Crippen LogP contribution in [-0.4, -0.2) is 36.0 Å². The van der Waals surface area contributed by atoms with Crippen molar-refractivity contribution in [2.75, 3.05) is 19.7 Å². The third-order valence-electron chi connectivity index (χ3n) is 2.49. The Morgan fingerprint density at radius 3 is 2.25 bits per heavy atom. The molecule has 0 amide bonds. The summed E-state index contributed by atoms with van der Waals surface area (Å²) >= 11 is 0. The minimum Gasteiger partial charge on any atom is -0.396 e. The molecule has 0 bridgehead atoms. The normalized spacial score (nSPS) is 14.1. The van der Waals surface area contributed by atoms with Gasteiger partial charge in [0.2, 0.25) is 0 Å². The van der Waals surface area contributed by atoms with E-state index in [4.69, 9.17) is 5.11 Å². The molecule has 0 rings (SSSR count). The highest BCUT2D eigenvalue weighted by Gasteiger charge is 2.15. The minimum absolute atomic E-state index is 0.197. The lowest BCUT2D eigenvalue weighted by molar-refractivity contribution is 0.120. The molecule has 0 heterocycles. The van der Waals surface area contributed by atoms with E-state index in [1.54, 1.807) is 0 Å². The van der Waals surface area contributed by atoms with Crippen molar-refractivity contribution in [3.8, 4) is 0 Å². The van der Waals surface area contributed by atoms with Crippen LogP contribution in [0.4, 0.5) is 0 Å². The Balaban J connectivity index is 3.25. The Kier molecular flexibility index (Phi) is 8.90. The summed E-state index contributed by atoms with van der Waals surface area (Å²) in [7, 11) is 0. The number of rotatable bonds is 9. The molecule has 0 aromatic heterocycles. The second-order valence-electron chi connectivity index (χ2n) is 5.76. The number of hydrogen-bond acceptors (Lipinski definition) is 3. The van der Waals surface area contributed by atoms with Crippen LogP contribution in [-0.2, 0) is 0 Å². The Labute approximate surface area is 100 Å². The van der Waals surface area contributed by atoms with E-state index in [0.29, 0.717) is 13.2 Å². The molecule has 98 valence electrons. The van der Waals surface area contributed by atoms with Gasteiger partial charge < -0.3 is 15.5 Å². The van der Waals surface area contributed by atoms with Gasteiger partial charge in [0, 0.05) is 13.2 Å². The second kappa shape index (κ2) is 8.97. The van der Waals surface area contributed by atoms with Crippen LogP contribution >= 0.6 is 0 Å². The predicted molar refractivity (Wildman–Crippen MR) is 68.5 cm³/mol. The van der Waals surface area contributed by atoms with Crippen LogP contribution in [0.2, 0.25) is 0 Å². The van der Waals surface area contributed by atoms with Crippen molar-refractivity contribution in [2.24, 2.45) is 5.41 Å².